The number of pyridine rings is 1. The molecule has 7 heteroatoms. The Morgan fingerprint density at radius 1 is 1.19 bits per heavy atom. The van der Waals surface area contributed by atoms with E-state index in [1.165, 1.54) is 22.4 Å². The number of benzene rings is 1. The van der Waals surface area contributed by atoms with Crippen LogP contribution in [0.2, 0.25) is 0 Å². The van der Waals surface area contributed by atoms with Crippen molar-refractivity contribution in [2.45, 2.75) is 0 Å². The van der Waals surface area contributed by atoms with Crippen LogP contribution in [-0.2, 0) is 9.53 Å². The van der Waals surface area contributed by atoms with E-state index >= 15 is 0 Å². The van der Waals surface area contributed by atoms with E-state index in [1.807, 2.05) is 35.7 Å². The van der Waals surface area contributed by atoms with Crippen molar-refractivity contribution < 1.29 is 14.3 Å². The smallest absolute Gasteiger partial charge is 0.340 e. The zero-order valence-corrected chi connectivity index (χ0v) is 15.3. The number of amides is 1. The standard InChI is InChI=1S/C20H17N3O3S/c1-2-11-23(18(24)13-26-19(25)16-9-6-10-21-12-16)20-22-17(14-27-20)15-7-4-3-5-8-15/h2-10,12,14H,1,11,13H2. The molecule has 0 saturated heterocycles. The van der Waals surface area contributed by atoms with Crippen LogP contribution >= 0.6 is 11.3 Å². The van der Waals surface area contributed by atoms with Crippen molar-refractivity contribution in [1.29, 1.82) is 0 Å². The third-order valence-electron chi connectivity index (χ3n) is 3.63. The Balaban J connectivity index is 1.70. The summed E-state index contributed by atoms with van der Waals surface area (Å²) in [7, 11) is 0. The quantitative estimate of drug-likeness (QED) is 0.463. The molecule has 0 atom stereocenters. The van der Waals surface area contributed by atoms with Crippen molar-refractivity contribution >= 4 is 28.3 Å². The Bertz CT molecular complexity index is 926. The van der Waals surface area contributed by atoms with Gasteiger partial charge in [-0.05, 0) is 12.1 Å². The second-order valence-corrected chi connectivity index (χ2v) is 6.33. The molecule has 0 radical (unpaired) electrons. The number of rotatable bonds is 7. The molecule has 0 unspecified atom stereocenters. The largest absolute Gasteiger partial charge is 0.452 e. The normalized spacial score (nSPS) is 10.2. The number of anilines is 1. The maximum Gasteiger partial charge on any atom is 0.340 e. The van der Waals surface area contributed by atoms with E-state index in [9.17, 15) is 9.59 Å². The Morgan fingerprint density at radius 3 is 2.70 bits per heavy atom. The summed E-state index contributed by atoms with van der Waals surface area (Å²) in [6.07, 6.45) is 4.55. The Morgan fingerprint density at radius 2 is 2.00 bits per heavy atom. The summed E-state index contributed by atoms with van der Waals surface area (Å²) in [5.74, 6) is -0.972. The number of hydrogen-bond acceptors (Lipinski definition) is 6. The molecule has 0 aliphatic carbocycles. The minimum Gasteiger partial charge on any atom is -0.452 e. The fourth-order valence-corrected chi connectivity index (χ4v) is 3.18. The van der Waals surface area contributed by atoms with Crippen molar-refractivity contribution in [3.05, 3.63) is 78.5 Å². The predicted molar refractivity (Wildman–Crippen MR) is 105 cm³/mol. The molecular formula is C20H17N3O3S. The van der Waals surface area contributed by atoms with E-state index in [2.05, 4.69) is 16.5 Å². The van der Waals surface area contributed by atoms with Crippen LogP contribution in [-0.4, -0.2) is 35.0 Å². The molecular weight excluding hydrogens is 362 g/mol. The van der Waals surface area contributed by atoms with E-state index < -0.39 is 5.97 Å². The van der Waals surface area contributed by atoms with E-state index in [0.717, 1.165) is 11.3 Å². The van der Waals surface area contributed by atoms with Gasteiger partial charge in [-0.25, -0.2) is 9.78 Å². The molecule has 3 aromatic rings. The first kappa shape index (κ1) is 18.5. The van der Waals surface area contributed by atoms with Crippen molar-refractivity contribution in [3.8, 4) is 11.3 Å². The summed E-state index contributed by atoms with van der Waals surface area (Å²) in [5.41, 5.74) is 2.04. The highest BCUT2D eigenvalue weighted by Crippen LogP contribution is 2.27. The van der Waals surface area contributed by atoms with Crippen LogP contribution in [0.25, 0.3) is 11.3 Å². The molecule has 6 nitrogen and oxygen atoms in total. The third kappa shape index (κ3) is 4.65. The Kier molecular flexibility index (Phi) is 6.06. The lowest BCUT2D eigenvalue weighted by molar-refractivity contribution is -0.121. The fourth-order valence-electron chi connectivity index (χ4n) is 2.32. The minimum atomic E-state index is -0.598. The molecule has 0 aliphatic heterocycles. The van der Waals surface area contributed by atoms with Crippen LogP contribution in [0.1, 0.15) is 10.4 Å². The molecule has 27 heavy (non-hydrogen) atoms. The van der Waals surface area contributed by atoms with E-state index in [-0.39, 0.29) is 19.1 Å². The zero-order chi connectivity index (χ0) is 19.1. The topological polar surface area (TPSA) is 72.4 Å². The summed E-state index contributed by atoms with van der Waals surface area (Å²) >= 11 is 1.35. The van der Waals surface area contributed by atoms with Crippen LogP contribution in [0.3, 0.4) is 0 Å². The van der Waals surface area contributed by atoms with Crippen molar-refractivity contribution in [1.82, 2.24) is 9.97 Å². The van der Waals surface area contributed by atoms with Crippen molar-refractivity contribution in [2.24, 2.45) is 0 Å². The average molecular weight is 379 g/mol. The molecule has 3 rings (SSSR count). The molecule has 0 spiro atoms. The van der Waals surface area contributed by atoms with Crippen LogP contribution in [0, 0.1) is 0 Å². The van der Waals surface area contributed by atoms with Gasteiger partial charge in [-0.2, -0.15) is 0 Å². The van der Waals surface area contributed by atoms with Gasteiger partial charge in [0.25, 0.3) is 5.91 Å². The van der Waals surface area contributed by atoms with Gasteiger partial charge < -0.3 is 4.74 Å². The van der Waals surface area contributed by atoms with Gasteiger partial charge in [-0.1, -0.05) is 36.4 Å². The summed E-state index contributed by atoms with van der Waals surface area (Å²) in [6.45, 7) is 3.56. The van der Waals surface area contributed by atoms with E-state index in [4.69, 9.17) is 4.74 Å². The van der Waals surface area contributed by atoms with Gasteiger partial charge in [0.15, 0.2) is 11.7 Å². The molecule has 0 bridgehead atoms. The van der Waals surface area contributed by atoms with Gasteiger partial charge in [-0.15, -0.1) is 17.9 Å². The van der Waals surface area contributed by atoms with Crippen LogP contribution in [0.15, 0.2) is 72.9 Å². The lowest BCUT2D eigenvalue weighted by Crippen LogP contribution is -2.34. The minimum absolute atomic E-state index is 0.269. The molecule has 2 heterocycles. The number of nitrogens with zero attached hydrogens (tertiary/aromatic N) is 3. The molecule has 136 valence electrons. The number of aromatic nitrogens is 2. The first-order valence-corrected chi connectivity index (χ1v) is 9.06. The van der Waals surface area contributed by atoms with Gasteiger partial charge in [0, 0.05) is 29.9 Å². The van der Waals surface area contributed by atoms with Crippen molar-refractivity contribution in [2.75, 3.05) is 18.1 Å². The number of thiazole rings is 1. The van der Waals surface area contributed by atoms with Gasteiger partial charge in [0.1, 0.15) is 0 Å². The average Bonchev–Trinajstić information content (AvgIpc) is 3.21. The maximum atomic E-state index is 12.6. The molecule has 0 N–H and O–H groups in total. The Labute approximate surface area is 160 Å². The fraction of sp³-hybridized carbons (Fsp3) is 0.100. The number of carbonyl (C=O) groups is 2. The summed E-state index contributed by atoms with van der Waals surface area (Å²) in [5, 5.41) is 2.41. The van der Waals surface area contributed by atoms with Gasteiger partial charge >= 0.3 is 5.97 Å². The van der Waals surface area contributed by atoms with Crippen LogP contribution in [0.5, 0.6) is 0 Å². The van der Waals surface area contributed by atoms with Crippen molar-refractivity contribution in [3.63, 3.8) is 0 Å². The number of carbonyl (C=O) groups excluding carboxylic acids is 2. The maximum absolute atomic E-state index is 12.6. The summed E-state index contributed by atoms with van der Waals surface area (Å²) < 4.78 is 5.10. The lowest BCUT2D eigenvalue weighted by Gasteiger charge is -2.17. The molecule has 0 saturated carbocycles. The molecule has 0 fully saturated rings. The summed E-state index contributed by atoms with van der Waals surface area (Å²) in [6, 6.07) is 12.9. The van der Waals surface area contributed by atoms with E-state index in [0.29, 0.717) is 10.7 Å². The highest BCUT2D eigenvalue weighted by molar-refractivity contribution is 7.14. The second kappa shape index (κ2) is 8.86. The molecule has 0 aliphatic rings. The lowest BCUT2D eigenvalue weighted by atomic mass is 10.2. The number of hydrogen-bond donors (Lipinski definition) is 0. The van der Waals surface area contributed by atoms with Gasteiger partial charge in [0.2, 0.25) is 0 Å². The second-order valence-electron chi connectivity index (χ2n) is 5.49. The van der Waals surface area contributed by atoms with Crippen LogP contribution < -0.4 is 4.90 Å². The zero-order valence-electron chi connectivity index (χ0n) is 14.4. The monoisotopic (exact) mass is 379 g/mol. The Hall–Kier alpha value is -3.32. The first-order chi connectivity index (χ1) is 13.2. The van der Waals surface area contributed by atoms with Gasteiger partial charge in [-0.3, -0.25) is 14.7 Å². The van der Waals surface area contributed by atoms with E-state index in [1.54, 1.807) is 24.4 Å². The van der Waals surface area contributed by atoms with Crippen LogP contribution in [0.4, 0.5) is 5.13 Å². The highest BCUT2D eigenvalue weighted by Gasteiger charge is 2.20. The molecule has 1 amide bonds. The van der Waals surface area contributed by atoms with Gasteiger partial charge in [0.05, 0.1) is 11.3 Å². The third-order valence-corrected chi connectivity index (χ3v) is 4.49. The molecule has 2 aromatic heterocycles. The number of ether oxygens (including phenoxy) is 1. The SMILES string of the molecule is C=CCN(C(=O)COC(=O)c1cccnc1)c1nc(-c2ccccc2)cs1. The summed E-state index contributed by atoms with van der Waals surface area (Å²) in [4.78, 5) is 34.4. The molecule has 1 aromatic carbocycles. The number of esters is 1. The highest BCUT2D eigenvalue weighted by atomic mass is 32.1. The first-order valence-electron chi connectivity index (χ1n) is 8.18. The predicted octanol–water partition coefficient (Wildman–Crippen LogP) is 3.58.